The average molecular weight is 283 g/mol. The van der Waals surface area contributed by atoms with Crippen LogP contribution in [-0.2, 0) is 9.59 Å². The molecule has 1 N–H and O–H groups in total. The number of carbonyl (C=O) groups is 2. The molecule has 20 heavy (non-hydrogen) atoms. The molecule has 0 aromatic rings. The molecule has 0 unspecified atom stereocenters. The maximum absolute atomic E-state index is 13.0. The van der Waals surface area contributed by atoms with E-state index in [4.69, 9.17) is 0 Å². The van der Waals surface area contributed by atoms with E-state index in [0.29, 0.717) is 18.5 Å². The SMILES string of the molecule is C/C(F)=C(F)\C=C(/C)NC=C1C(=O)CC(C)(C)CC1=O. The maximum atomic E-state index is 13.0. The number of nitrogens with one attached hydrogen (secondary N) is 1. The van der Waals surface area contributed by atoms with E-state index in [2.05, 4.69) is 5.32 Å². The lowest BCUT2D eigenvalue weighted by Crippen LogP contribution is -2.32. The summed E-state index contributed by atoms with van der Waals surface area (Å²) in [5.74, 6) is -2.38. The highest BCUT2D eigenvalue weighted by atomic mass is 19.2. The Morgan fingerprint density at radius 1 is 1.15 bits per heavy atom. The zero-order valence-electron chi connectivity index (χ0n) is 12.1. The molecule has 1 fully saturated rings. The van der Waals surface area contributed by atoms with E-state index < -0.39 is 11.7 Å². The minimum Gasteiger partial charge on any atom is -0.364 e. The van der Waals surface area contributed by atoms with Crippen molar-refractivity contribution in [1.29, 1.82) is 0 Å². The third kappa shape index (κ3) is 4.40. The van der Waals surface area contributed by atoms with Crippen LogP contribution < -0.4 is 5.32 Å². The number of carbonyl (C=O) groups excluding carboxylic acids is 2. The number of ketones is 2. The van der Waals surface area contributed by atoms with Crippen molar-refractivity contribution in [3.05, 3.63) is 35.2 Å². The lowest BCUT2D eigenvalue weighted by molar-refractivity contribution is -0.127. The van der Waals surface area contributed by atoms with Crippen molar-refractivity contribution in [3.63, 3.8) is 0 Å². The van der Waals surface area contributed by atoms with Crippen LogP contribution in [0.15, 0.2) is 35.2 Å². The van der Waals surface area contributed by atoms with Gasteiger partial charge in [0.25, 0.3) is 0 Å². The molecule has 1 aliphatic rings. The van der Waals surface area contributed by atoms with E-state index in [0.717, 1.165) is 13.0 Å². The number of rotatable bonds is 3. The Kier molecular flexibility index (Phi) is 4.98. The molecule has 0 radical (unpaired) electrons. The molecule has 0 amide bonds. The number of hydrogen-bond donors (Lipinski definition) is 1. The first-order chi connectivity index (χ1) is 9.12. The van der Waals surface area contributed by atoms with Crippen LogP contribution in [0.5, 0.6) is 0 Å². The van der Waals surface area contributed by atoms with E-state index in [-0.39, 0.29) is 22.6 Å². The molecule has 3 nitrogen and oxygen atoms in total. The van der Waals surface area contributed by atoms with Crippen LogP contribution in [0.4, 0.5) is 8.78 Å². The highest BCUT2D eigenvalue weighted by Crippen LogP contribution is 2.33. The molecule has 0 aliphatic heterocycles. The van der Waals surface area contributed by atoms with E-state index in [1.54, 1.807) is 0 Å². The second-order valence-corrected chi connectivity index (χ2v) is 5.78. The fraction of sp³-hybridized carbons (Fsp3) is 0.467. The summed E-state index contributed by atoms with van der Waals surface area (Å²) >= 11 is 0. The van der Waals surface area contributed by atoms with Crippen molar-refractivity contribution < 1.29 is 18.4 Å². The van der Waals surface area contributed by atoms with Gasteiger partial charge >= 0.3 is 0 Å². The molecular formula is C15H19F2NO2. The van der Waals surface area contributed by atoms with Gasteiger partial charge in [0.2, 0.25) is 0 Å². The minimum atomic E-state index is -0.990. The van der Waals surface area contributed by atoms with Crippen molar-refractivity contribution in [2.24, 2.45) is 5.41 Å². The third-order valence-corrected chi connectivity index (χ3v) is 3.00. The second kappa shape index (κ2) is 6.11. The number of allylic oxidation sites excluding steroid dienone is 5. The molecular weight excluding hydrogens is 264 g/mol. The quantitative estimate of drug-likeness (QED) is 0.490. The van der Waals surface area contributed by atoms with Gasteiger partial charge in [-0.1, -0.05) is 13.8 Å². The molecule has 0 aromatic carbocycles. The lowest BCUT2D eigenvalue weighted by atomic mass is 9.74. The summed E-state index contributed by atoms with van der Waals surface area (Å²) in [5.41, 5.74) is 0.0622. The maximum Gasteiger partial charge on any atom is 0.168 e. The van der Waals surface area contributed by atoms with Crippen LogP contribution in [0.3, 0.4) is 0 Å². The summed E-state index contributed by atoms with van der Waals surface area (Å²) in [6.07, 6.45) is 2.83. The Hall–Kier alpha value is -1.78. The van der Waals surface area contributed by atoms with Crippen molar-refractivity contribution in [2.75, 3.05) is 0 Å². The average Bonchev–Trinajstić information content (AvgIpc) is 2.25. The summed E-state index contributed by atoms with van der Waals surface area (Å²) in [6.45, 7) is 6.25. The van der Waals surface area contributed by atoms with Crippen LogP contribution in [0.2, 0.25) is 0 Å². The van der Waals surface area contributed by atoms with Gasteiger partial charge in [0.05, 0.1) is 5.57 Å². The van der Waals surface area contributed by atoms with Crippen molar-refractivity contribution >= 4 is 11.6 Å². The molecule has 0 atom stereocenters. The first kappa shape index (κ1) is 16.3. The van der Waals surface area contributed by atoms with Gasteiger partial charge in [-0.25, -0.2) is 8.78 Å². The Labute approximate surface area is 117 Å². The smallest absolute Gasteiger partial charge is 0.168 e. The van der Waals surface area contributed by atoms with Gasteiger partial charge in [0.1, 0.15) is 5.83 Å². The van der Waals surface area contributed by atoms with E-state index in [9.17, 15) is 18.4 Å². The Bertz CT molecular complexity index is 502. The summed E-state index contributed by atoms with van der Waals surface area (Å²) in [7, 11) is 0. The van der Waals surface area contributed by atoms with Gasteiger partial charge in [0.15, 0.2) is 17.4 Å². The monoisotopic (exact) mass is 283 g/mol. The topological polar surface area (TPSA) is 46.2 Å². The number of hydrogen-bond acceptors (Lipinski definition) is 3. The zero-order chi connectivity index (χ0) is 15.5. The Morgan fingerprint density at radius 3 is 2.10 bits per heavy atom. The normalized spacial score (nSPS) is 20.7. The van der Waals surface area contributed by atoms with Gasteiger partial charge in [-0.05, 0) is 25.3 Å². The highest BCUT2D eigenvalue weighted by Gasteiger charge is 2.35. The van der Waals surface area contributed by atoms with Crippen LogP contribution in [0, 0.1) is 5.41 Å². The predicted molar refractivity (Wildman–Crippen MR) is 72.9 cm³/mol. The number of Topliss-reactive ketones (excluding diaryl/α,β-unsaturated/α-hetero) is 2. The molecule has 0 saturated heterocycles. The molecule has 1 rings (SSSR count). The molecule has 0 bridgehead atoms. The molecule has 5 heteroatoms. The highest BCUT2D eigenvalue weighted by molar-refractivity contribution is 6.22. The van der Waals surface area contributed by atoms with Crippen molar-refractivity contribution in [2.45, 2.75) is 40.5 Å². The Morgan fingerprint density at radius 2 is 1.65 bits per heavy atom. The molecule has 1 aliphatic carbocycles. The summed E-state index contributed by atoms with van der Waals surface area (Å²) in [4.78, 5) is 23.7. The summed E-state index contributed by atoms with van der Waals surface area (Å²) in [5, 5.41) is 2.64. The fourth-order valence-corrected chi connectivity index (χ4v) is 1.96. The van der Waals surface area contributed by atoms with Crippen molar-refractivity contribution in [1.82, 2.24) is 5.32 Å². The minimum absolute atomic E-state index is 0.0819. The van der Waals surface area contributed by atoms with Gasteiger partial charge in [-0.15, -0.1) is 0 Å². The third-order valence-electron chi connectivity index (χ3n) is 3.00. The molecule has 0 aromatic heterocycles. The van der Waals surface area contributed by atoms with Crippen LogP contribution in [0.25, 0.3) is 0 Å². The fourth-order valence-electron chi connectivity index (χ4n) is 1.96. The van der Waals surface area contributed by atoms with Gasteiger partial charge in [-0.2, -0.15) is 0 Å². The van der Waals surface area contributed by atoms with Crippen LogP contribution in [0.1, 0.15) is 40.5 Å². The van der Waals surface area contributed by atoms with Crippen LogP contribution >= 0.6 is 0 Å². The van der Waals surface area contributed by atoms with Crippen molar-refractivity contribution in [3.8, 4) is 0 Å². The Balaban J connectivity index is 2.84. The first-order valence-corrected chi connectivity index (χ1v) is 6.36. The van der Waals surface area contributed by atoms with E-state index in [1.165, 1.54) is 13.1 Å². The van der Waals surface area contributed by atoms with Gasteiger partial charge in [0, 0.05) is 24.7 Å². The molecule has 110 valence electrons. The largest absolute Gasteiger partial charge is 0.364 e. The standard InChI is InChI=1S/C15H19F2NO2/c1-9(5-12(17)10(2)16)18-8-11-13(19)6-15(3,4)7-14(11)20/h5,8,18H,6-7H2,1-4H3/b9-5+,12-10-. The lowest BCUT2D eigenvalue weighted by Gasteiger charge is -2.28. The summed E-state index contributed by atoms with van der Waals surface area (Å²) < 4.78 is 25.6. The van der Waals surface area contributed by atoms with Crippen LogP contribution in [-0.4, -0.2) is 11.6 Å². The van der Waals surface area contributed by atoms with E-state index >= 15 is 0 Å². The number of halogens is 2. The molecule has 0 spiro atoms. The first-order valence-electron chi connectivity index (χ1n) is 6.36. The molecule has 1 saturated carbocycles. The van der Waals surface area contributed by atoms with Gasteiger partial charge in [-0.3, -0.25) is 9.59 Å². The van der Waals surface area contributed by atoms with Gasteiger partial charge < -0.3 is 5.32 Å². The predicted octanol–water partition coefficient (Wildman–Crippen LogP) is 3.49. The van der Waals surface area contributed by atoms with E-state index in [1.807, 2.05) is 13.8 Å². The zero-order valence-corrected chi connectivity index (χ0v) is 12.1. The molecule has 0 heterocycles. The summed E-state index contributed by atoms with van der Waals surface area (Å²) in [6, 6.07) is 0. The second-order valence-electron chi connectivity index (χ2n) is 5.78.